The summed E-state index contributed by atoms with van der Waals surface area (Å²) in [6.07, 6.45) is 1.87. The van der Waals surface area contributed by atoms with Gasteiger partial charge in [-0.3, -0.25) is 4.79 Å². The third kappa shape index (κ3) is 5.35. The lowest BCUT2D eigenvalue weighted by Crippen LogP contribution is -2.30. The molecule has 3 atom stereocenters. The molecule has 0 saturated heterocycles. The molecule has 1 aliphatic rings. The van der Waals surface area contributed by atoms with Gasteiger partial charge in [0.2, 0.25) is 5.91 Å². The number of nitrogens with one attached hydrogen (secondary N) is 1. The first-order valence-corrected chi connectivity index (χ1v) is 5.30. The Hall–Kier alpha value is -0.320. The van der Waals surface area contributed by atoms with E-state index in [4.69, 9.17) is 10.5 Å². The quantitative estimate of drug-likeness (QED) is 0.713. The van der Waals surface area contributed by atoms with Crippen molar-refractivity contribution in [3.05, 3.63) is 0 Å². The zero-order valence-corrected chi connectivity index (χ0v) is 10.2. The van der Waals surface area contributed by atoms with Crippen molar-refractivity contribution in [3.8, 4) is 0 Å². The molecule has 0 aromatic rings. The van der Waals surface area contributed by atoms with Crippen molar-refractivity contribution < 1.29 is 9.53 Å². The van der Waals surface area contributed by atoms with Crippen LogP contribution in [0.1, 0.15) is 26.7 Å². The van der Waals surface area contributed by atoms with E-state index in [1.54, 1.807) is 0 Å². The van der Waals surface area contributed by atoms with Gasteiger partial charge in [-0.2, -0.15) is 0 Å². The molecule has 0 heterocycles. The Morgan fingerprint density at radius 1 is 1.67 bits per heavy atom. The number of ether oxygens (including phenoxy) is 1. The molecule has 4 nitrogen and oxygen atoms in total. The number of hydrogen-bond donors (Lipinski definition) is 2. The zero-order valence-electron chi connectivity index (χ0n) is 9.36. The molecule has 0 bridgehead atoms. The average molecular weight is 237 g/mol. The maximum absolute atomic E-state index is 11.4. The van der Waals surface area contributed by atoms with Crippen molar-refractivity contribution >= 4 is 18.3 Å². The molecule has 3 N–H and O–H groups in total. The van der Waals surface area contributed by atoms with Gasteiger partial charge in [-0.1, -0.05) is 0 Å². The summed E-state index contributed by atoms with van der Waals surface area (Å²) in [6, 6.07) is 0.150. The molecular formula is C10H21ClN2O2. The minimum atomic E-state index is 0. The molecule has 0 aliphatic heterocycles. The number of carbonyl (C=O) groups excluding carboxylic acids is 1. The van der Waals surface area contributed by atoms with Gasteiger partial charge in [0, 0.05) is 19.2 Å². The number of amides is 1. The third-order valence-electron chi connectivity index (χ3n) is 2.35. The normalized spacial score (nSPS) is 25.3. The van der Waals surface area contributed by atoms with Crippen LogP contribution in [0.25, 0.3) is 0 Å². The zero-order chi connectivity index (χ0) is 10.6. The highest BCUT2D eigenvalue weighted by Gasteiger charge is 2.43. The maximum Gasteiger partial charge on any atom is 0.225 e. The summed E-state index contributed by atoms with van der Waals surface area (Å²) in [7, 11) is 0. The molecule has 0 aromatic heterocycles. The van der Waals surface area contributed by atoms with Crippen LogP contribution in [0.2, 0.25) is 0 Å². The Kier molecular flexibility index (Phi) is 6.89. The second-order valence-corrected chi connectivity index (χ2v) is 3.89. The Labute approximate surface area is 97.3 Å². The SMILES string of the molecule is CCOC1CC1C(=O)NCCC(C)N.Cl. The predicted molar refractivity (Wildman–Crippen MR) is 62.0 cm³/mol. The van der Waals surface area contributed by atoms with Crippen LogP contribution >= 0.6 is 12.4 Å². The van der Waals surface area contributed by atoms with E-state index in [0.29, 0.717) is 13.2 Å². The number of rotatable bonds is 6. The molecule has 3 unspecified atom stereocenters. The van der Waals surface area contributed by atoms with Crippen LogP contribution < -0.4 is 11.1 Å². The highest BCUT2D eigenvalue weighted by molar-refractivity contribution is 5.85. The smallest absolute Gasteiger partial charge is 0.225 e. The Morgan fingerprint density at radius 2 is 2.33 bits per heavy atom. The molecule has 0 aromatic carbocycles. The molecule has 1 rings (SSSR count). The molecule has 5 heteroatoms. The minimum absolute atomic E-state index is 0. The van der Waals surface area contributed by atoms with Crippen molar-refractivity contribution in [1.29, 1.82) is 0 Å². The van der Waals surface area contributed by atoms with Crippen LogP contribution in [-0.2, 0) is 9.53 Å². The minimum Gasteiger partial charge on any atom is -0.378 e. The fourth-order valence-electron chi connectivity index (χ4n) is 1.40. The Balaban J connectivity index is 0.00000196. The maximum atomic E-state index is 11.4. The van der Waals surface area contributed by atoms with Crippen molar-refractivity contribution in [1.82, 2.24) is 5.32 Å². The average Bonchev–Trinajstić information content (AvgIpc) is 2.84. The first-order valence-electron chi connectivity index (χ1n) is 5.30. The standard InChI is InChI=1S/C10H20N2O2.ClH/c1-3-14-9-6-8(9)10(13)12-5-4-7(2)11;/h7-9H,3-6,11H2,1-2H3,(H,12,13);1H. The van der Waals surface area contributed by atoms with Crippen LogP contribution in [0.4, 0.5) is 0 Å². The first-order chi connectivity index (χ1) is 6.65. The van der Waals surface area contributed by atoms with E-state index < -0.39 is 0 Å². The molecule has 15 heavy (non-hydrogen) atoms. The molecule has 0 radical (unpaired) electrons. The lowest BCUT2D eigenvalue weighted by atomic mass is 10.2. The fraction of sp³-hybridized carbons (Fsp3) is 0.900. The molecular weight excluding hydrogens is 216 g/mol. The van der Waals surface area contributed by atoms with Gasteiger partial charge in [0.1, 0.15) is 0 Å². The summed E-state index contributed by atoms with van der Waals surface area (Å²) < 4.78 is 5.33. The van der Waals surface area contributed by atoms with Crippen molar-refractivity contribution in [2.45, 2.75) is 38.8 Å². The Bertz CT molecular complexity index is 200. The largest absolute Gasteiger partial charge is 0.378 e. The lowest BCUT2D eigenvalue weighted by molar-refractivity contribution is -0.123. The summed E-state index contributed by atoms with van der Waals surface area (Å²) in [5.41, 5.74) is 5.57. The van der Waals surface area contributed by atoms with Gasteiger partial charge in [0.15, 0.2) is 0 Å². The summed E-state index contributed by atoms with van der Waals surface area (Å²) in [6.45, 7) is 5.25. The summed E-state index contributed by atoms with van der Waals surface area (Å²) in [5, 5.41) is 2.87. The topological polar surface area (TPSA) is 64.3 Å². The molecule has 1 saturated carbocycles. The predicted octanol–water partition coefficient (Wildman–Crippen LogP) is 0.687. The number of hydrogen-bond acceptors (Lipinski definition) is 3. The fourth-order valence-corrected chi connectivity index (χ4v) is 1.40. The van der Waals surface area contributed by atoms with Crippen LogP contribution in [0.5, 0.6) is 0 Å². The number of carbonyl (C=O) groups is 1. The number of halogens is 1. The summed E-state index contributed by atoms with van der Waals surface area (Å²) in [5.74, 6) is 0.201. The van der Waals surface area contributed by atoms with Crippen molar-refractivity contribution in [2.24, 2.45) is 11.7 Å². The Morgan fingerprint density at radius 3 is 2.87 bits per heavy atom. The highest BCUT2D eigenvalue weighted by atomic mass is 35.5. The van der Waals surface area contributed by atoms with Crippen LogP contribution in [0.3, 0.4) is 0 Å². The molecule has 1 aliphatic carbocycles. The second kappa shape index (κ2) is 7.04. The summed E-state index contributed by atoms with van der Waals surface area (Å²) in [4.78, 5) is 11.4. The number of nitrogens with two attached hydrogens (primary N) is 1. The highest BCUT2D eigenvalue weighted by Crippen LogP contribution is 2.33. The van der Waals surface area contributed by atoms with E-state index in [2.05, 4.69) is 5.32 Å². The van der Waals surface area contributed by atoms with Gasteiger partial charge in [-0.05, 0) is 26.7 Å². The molecule has 0 spiro atoms. The van der Waals surface area contributed by atoms with Gasteiger partial charge >= 0.3 is 0 Å². The van der Waals surface area contributed by atoms with Crippen LogP contribution in [0.15, 0.2) is 0 Å². The first kappa shape index (κ1) is 14.7. The van der Waals surface area contributed by atoms with Gasteiger partial charge in [-0.25, -0.2) is 0 Å². The molecule has 1 fully saturated rings. The van der Waals surface area contributed by atoms with E-state index in [9.17, 15) is 4.79 Å². The van der Waals surface area contributed by atoms with E-state index in [-0.39, 0.29) is 36.4 Å². The van der Waals surface area contributed by atoms with Crippen molar-refractivity contribution in [2.75, 3.05) is 13.2 Å². The monoisotopic (exact) mass is 236 g/mol. The van der Waals surface area contributed by atoms with Crippen LogP contribution in [0, 0.1) is 5.92 Å². The van der Waals surface area contributed by atoms with Gasteiger partial charge in [-0.15, -0.1) is 12.4 Å². The summed E-state index contributed by atoms with van der Waals surface area (Å²) >= 11 is 0. The molecule has 1 amide bonds. The van der Waals surface area contributed by atoms with E-state index in [1.165, 1.54) is 0 Å². The van der Waals surface area contributed by atoms with E-state index in [1.807, 2.05) is 13.8 Å². The molecule has 90 valence electrons. The lowest BCUT2D eigenvalue weighted by Gasteiger charge is -2.06. The van der Waals surface area contributed by atoms with E-state index in [0.717, 1.165) is 12.8 Å². The van der Waals surface area contributed by atoms with E-state index >= 15 is 0 Å². The van der Waals surface area contributed by atoms with Crippen molar-refractivity contribution in [3.63, 3.8) is 0 Å². The van der Waals surface area contributed by atoms with Gasteiger partial charge in [0.25, 0.3) is 0 Å². The van der Waals surface area contributed by atoms with Gasteiger partial charge < -0.3 is 15.8 Å². The van der Waals surface area contributed by atoms with Crippen LogP contribution in [-0.4, -0.2) is 31.2 Å². The second-order valence-electron chi connectivity index (χ2n) is 3.89. The third-order valence-corrected chi connectivity index (χ3v) is 2.35. The van der Waals surface area contributed by atoms with Gasteiger partial charge in [0.05, 0.1) is 12.0 Å².